The molecular weight excluding hydrogens is 1390 g/mol. The predicted octanol–water partition coefficient (Wildman–Crippen LogP) is 24.5. The highest BCUT2D eigenvalue weighted by Crippen LogP contribution is 2.45. The zero-order valence-corrected chi connectivity index (χ0v) is 68.3. The zero-order valence-electron chi connectivity index (χ0n) is 66.5. The first-order valence-electron chi connectivity index (χ1n) is 41.1. The van der Waals surface area contributed by atoms with E-state index >= 15 is 0 Å². The maximum atomic E-state index is 13.0. The molecule has 0 aliphatic rings. The molecule has 0 fully saturated rings. The maximum Gasteiger partial charge on any atom is 0.472 e. The lowest BCUT2D eigenvalue weighted by Gasteiger charge is -2.21. The van der Waals surface area contributed by atoms with Crippen LogP contribution in [-0.2, 0) is 55.8 Å². The van der Waals surface area contributed by atoms with Crippen molar-refractivity contribution in [1.82, 2.24) is 0 Å². The fourth-order valence-corrected chi connectivity index (χ4v) is 12.1. The summed E-state index contributed by atoms with van der Waals surface area (Å²) in [5.74, 6) is -1.62. The van der Waals surface area contributed by atoms with Crippen LogP contribution in [0.1, 0.15) is 303 Å². The Morgan fingerprint density at radius 3 is 0.738 bits per heavy atom. The van der Waals surface area contributed by atoms with Crippen LogP contribution in [-0.4, -0.2) is 95.9 Å². The Kier molecular flexibility index (Phi) is 76.2. The van der Waals surface area contributed by atoms with Crippen LogP contribution in [0.5, 0.6) is 0 Å². The molecule has 0 aliphatic heterocycles. The molecule has 0 saturated carbocycles. The summed E-state index contributed by atoms with van der Waals surface area (Å²) in [6, 6.07) is 0. The molecule has 0 aromatic carbocycles. The molecule has 0 amide bonds. The number of unbranched alkanes of at least 4 members (excludes halogenated alkanes) is 23. The number of carbonyl (C=O) groups excluding carboxylic acids is 3. The van der Waals surface area contributed by atoms with Gasteiger partial charge < -0.3 is 34.2 Å². The number of aliphatic hydroxyl groups excluding tert-OH is 2. The Hall–Kier alpha value is -5.35. The Morgan fingerprint density at radius 2 is 0.467 bits per heavy atom. The summed E-state index contributed by atoms with van der Waals surface area (Å²) in [6.07, 6.45) is 104. The zero-order chi connectivity index (χ0) is 78.0. The first-order chi connectivity index (χ1) is 52.2. The van der Waals surface area contributed by atoms with Crippen molar-refractivity contribution in [3.05, 3.63) is 182 Å². The van der Waals surface area contributed by atoms with Gasteiger partial charge in [0.05, 0.1) is 26.4 Å². The monoisotopic (exact) mass is 1530 g/mol. The molecule has 18 heteroatoms. The third-order valence-electron chi connectivity index (χ3n) is 16.6. The summed E-state index contributed by atoms with van der Waals surface area (Å²) in [5, 5.41) is 20.7. The number of ether oxygens (including phenoxy) is 3. The number of esters is 3. The predicted molar refractivity (Wildman–Crippen MR) is 445 cm³/mol. The number of allylic oxidation sites excluding steroid dienone is 30. The number of carbonyl (C=O) groups is 3. The minimum Gasteiger partial charge on any atom is -0.463 e. The van der Waals surface area contributed by atoms with E-state index in [1.54, 1.807) is 0 Å². The molecule has 0 radical (unpaired) electrons. The van der Waals surface area contributed by atoms with Gasteiger partial charge in [0.1, 0.15) is 25.4 Å². The van der Waals surface area contributed by atoms with Gasteiger partial charge in [0.15, 0.2) is 6.10 Å². The summed E-state index contributed by atoms with van der Waals surface area (Å²) >= 11 is 0. The molecule has 4 N–H and O–H groups in total. The van der Waals surface area contributed by atoms with Crippen LogP contribution in [0.15, 0.2) is 182 Å². The molecule has 0 spiro atoms. The Labute approximate surface area is 649 Å². The van der Waals surface area contributed by atoms with Gasteiger partial charge in [-0.2, -0.15) is 0 Å². The molecule has 0 bridgehead atoms. The molecule has 0 aromatic rings. The first kappa shape index (κ1) is 102. The third-order valence-corrected chi connectivity index (χ3v) is 18.5. The smallest absolute Gasteiger partial charge is 0.463 e. The number of hydrogen-bond donors (Lipinski definition) is 4. The third kappa shape index (κ3) is 81.5. The number of aliphatic hydroxyl groups is 2. The molecule has 5 atom stereocenters. The number of hydrogen-bond acceptors (Lipinski definition) is 14. The van der Waals surface area contributed by atoms with E-state index < -0.39 is 91.5 Å². The summed E-state index contributed by atoms with van der Waals surface area (Å²) in [7, 11) is -9.81. The lowest BCUT2D eigenvalue weighted by Crippen LogP contribution is -2.30. The van der Waals surface area contributed by atoms with Crippen molar-refractivity contribution in [2.24, 2.45) is 0 Å². The highest BCUT2D eigenvalue weighted by atomic mass is 31.2. The van der Waals surface area contributed by atoms with Gasteiger partial charge in [-0.1, -0.05) is 312 Å². The minimum absolute atomic E-state index is 0.0755. The Bertz CT molecular complexity index is 2670. The fourth-order valence-electron chi connectivity index (χ4n) is 10.5. The van der Waals surface area contributed by atoms with Crippen molar-refractivity contribution in [1.29, 1.82) is 0 Å². The minimum atomic E-state index is -4.95. The molecule has 0 saturated heterocycles. The Morgan fingerprint density at radius 1 is 0.262 bits per heavy atom. The van der Waals surface area contributed by atoms with Crippen LogP contribution >= 0.6 is 15.6 Å². The van der Waals surface area contributed by atoms with Gasteiger partial charge in [-0.15, -0.1) is 0 Å². The van der Waals surface area contributed by atoms with E-state index in [0.717, 1.165) is 193 Å². The van der Waals surface area contributed by atoms with E-state index in [9.17, 15) is 43.5 Å². The van der Waals surface area contributed by atoms with Crippen LogP contribution in [0.25, 0.3) is 0 Å². The van der Waals surface area contributed by atoms with Crippen molar-refractivity contribution >= 4 is 33.6 Å². The molecular formula is C89H146O16P2. The average molecular weight is 1530 g/mol. The summed E-state index contributed by atoms with van der Waals surface area (Å²) in [5.41, 5.74) is 0. The van der Waals surface area contributed by atoms with Crippen LogP contribution in [0.2, 0.25) is 0 Å². The van der Waals surface area contributed by atoms with Gasteiger partial charge in [0, 0.05) is 19.3 Å². The molecule has 5 unspecified atom stereocenters. The van der Waals surface area contributed by atoms with Crippen molar-refractivity contribution in [3.8, 4) is 0 Å². The second-order valence-corrected chi connectivity index (χ2v) is 29.7. The second-order valence-electron chi connectivity index (χ2n) is 26.8. The molecule has 0 heterocycles. The van der Waals surface area contributed by atoms with Gasteiger partial charge in [0.25, 0.3) is 0 Å². The Balaban J connectivity index is 4.56. The van der Waals surface area contributed by atoms with E-state index in [-0.39, 0.29) is 19.3 Å². The van der Waals surface area contributed by atoms with Gasteiger partial charge in [-0.25, -0.2) is 9.13 Å². The molecule has 0 aromatic heterocycles. The molecule has 0 rings (SSSR count). The number of phosphoric acid groups is 2. The van der Waals surface area contributed by atoms with Crippen molar-refractivity contribution in [3.63, 3.8) is 0 Å². The first-order valence-corrected chi connectivity index (χ1v) is 44.1. The fraction of sp³-hybridized carbons (Fsp3) is 0.629. The van der Waals surface area contributed by atoms with Crippen molar-refractivity contribution < 1.29 is 75.8 Å². The summed E-state index contributed by atoms with van der Waals surface area (Å²) < 4.78 is 61.2. The van der Waals surface area contributed by atoms with E-state index in [0.29, 0.717) is 19.3 Å². The number of rotatable bonds is 76. The summed E-state index contributed by atoms with van der Waals surface area (Å²) in [6.45, 7) is 2.29. The normalized spacial score (nSPS) is 14.9. The lowest BCUT2D eigenvalue weighted by atomic mass is 10.0. The van der Waals surface area contributed by atoms with Crippen LogP contribution in [0.3, 0.4) is 0 Å². The van der Waals surface area contributed by atoms with Gasteiger partial charge in [-0.05, 0) is 154 Å². The van der Waals surface area contributed by atoms with E-state index in [4.69, 9.17) is 32.3 Å². The molecule has 608 valence electrons. The van der Waals surface area contributed by atoms with Crippen molar-refractivity contribution in [2.45, 2.75) is 322 Å². The highest BCUT2D eigenvalue weighted by molar-refractivity contribution is 7.47. The van der Waals surface area contributed by atoms with Gasteiger partial charge in [-0.3, -0.25) is 32.5 Å². The topological polar surface area (TPSA) is 231 Å². The standard InChI is InChI=1S/C89H146O16P2/c1-4-7-10-13-16-19-22-25-28-30-32-34-36-38-39-40-41-42-43-45-47-48-50-52-55-57-60-63-66-69-72-75-87(92)99-78-84(90)79-101-106(95,96)102-80-85(91)81-103-107(97,98)104-83-86(105-89(94)77-74-71-68-65-62-59-54-27-24-21-18-15-12-9-6-3)82-100-88(93)76-73-70-67-64-61-58-56-53-51-49-46-44-37-35-33-31-29-26-23-20-17-14-11-8-5-2/h7-12,16-21,25-29,32-35,38-39,41-42,44,46,51,53-54,84-86,90-91H,4-6,13-15,22-24,30-31,36-37,40,43,45,47-50,52,55-83H2,1-3H3,(H,95,96)(H,97,98)/b10-7-,11-8-,12-9-,19-16-,20-17-,21-18-,28-25-,29-26-,34-32-,35-33-,39-38-,42-41-,46-44-,53-51-,54-27-. The highest BCUT2D eigenvalue weighted by Gasteiger charge is 2.29. The van der Waals surface area contributed by atoms with E-state index in [1.807, 2.05) is 0 Å². The van der Waals surface area contributed by atoms with Gasteiger partial charge in [0.2, 0.25) is 0 Å². The number of phosphoric ester groups is 2. The average Bonchev–Trinajstić information content (AvgIpc) is 0.906. The maximum absolute atomic E-state index is 13.0. The van der Waals surface area contributed by atoms with Crippen LogP contribution in [0.4, 0.5) is 0 Å². The SMILES string of the molecule is CC/C=C\C/C=C\C/C=C\C/C=C\C/C=C\C/C=C\CCCCCCCCCCCCCCC(=O)OCC(O)COP(=O)(O)OCC(O)COP(=O)(O)OCC(COC(=O)CCCCCCCC/C=C\C/C=C\C/C=C\C/C=C\C/C=C\C/C=C\CC)OC(=O)CCCCCCC/C=C\C/C=C\C/C=C\CC. The van der Waals surface area contributed by atoms with Crippen LogP contribution < -0.4 is 0 Å². The molecule has 107 heavy (non-hydrogen) atoms. The second kappa shape index (κ2) is 80.2. The quantitative estimate of drug-likeness (QED) is 0.0146. The summed E-state index contributed by atoms with van der Waals surface area (Å²) in [4.78, 5) is 58.7. The van der Waals surface area contributed by atoms with Crippen molar-refractivity contribution in [2.75, 3.05) is 39.6 Å². The lowest BCUT2D eigenvalue weighted by molar-refractivity contribution is -0.161. The van der Waals surface area contributed by atoms with E-state index in [1.165, 1.54) is 51.4 Å². The van der Waals surface area contributed by atoms with E-state index in [2.05, 4.69) is 203 Å². The molecule has 0 aliphatic carbocycles. The largest absolute Gasteiger partial charge is 0.472 e. The van der Waals surface area contributed by atoms with Gasteiger partial charge >= 0.3 is 33.6 Å². The molecule has 16 nitrogen and oxygen atoms in total. The van der Waals surface area contributed by atoms with Crippen LogP contribution in [0, 0.1) is 0 Å².